The normalized spacial score (nSPS) is 21.7. The third-order valence-electron chi connectivity index (χ3n) is 4.16. The van der Waals surface area contributed by atoms with Crippen molar-refractivity contribution in [2.75, 3.05) is 33.2 Å². The Morgan fingerprint density at radius 1 is 1.42 bits per heavy atom. The summed E-state index contributed by atoms with van der Waals surface area (Å²) in [5.74, 6) is -0.271. The highest BCUT2D eigenvalue weighted by Crippen LogP contribution is 2.39. The fourth-order valence-corrected chi connectivity index (χ4v) is 3.13. The van der Waals surface area contributed by atoms with Gasteiger partial charge >= 0.3 is 0 Å². The summed E-state index contributed by atoms with van der Waals surface area (Å²) in [6, 6.07) is 2.92. The topological polar surface area (TPSA) is 36.4 Å². The molecule has 102 valence electrons. The van der Waals surface area contributed by atoms with Gasteiger partial charge in [0, 0.05) is 30.7 Å². The molecule has 0 aromatic carbocycles. The molecule has 19 heavy (non-hydrogen) atoms. The Morgan fingerprint density at radius 2 is 2.21 bits per heavy atom. The Labute approximate surface area is 112 Å². The van der Waals surface area contributed by atoms with Crippen LogP contribution in [0.4, 0.5) is 4.39 Å². The van der Waals surface area contributed by atoms with E-state index in [4.69, 9.17) is 0 Å². The molecule has 0 bridgehead atoms. The van der Waals surface area contributed by atoms with Crippen LogP contribution < -0.4 is 0 Å². The molecule has 0 N–H and O–H groups in total. The minimum atomic E-state index is -0.368. The number of hydrogen-bond donors (Lipinski definition) is 0. The summed E-state index contributed by atoms with van der Waals surface area (Å²) in [5, 5.41) is 0. The van der Waals surface area contributed by atoms with E-state index in [9.17, 15) is 9.18 Å². The molecule has 0 unspecified atom stereocenters. The standard InChI is InChI=1S/C14H18FN3O/c1-17-5-4-14(8-17)9-18(10-14)13(19)6-12-3-2-11(15)7-16-12/h2-3,7H,4-6,8-10H2,1H3. The number of rotatable bonds is 2. The molecule has 2 fully saturated rings. The van der Waals surface area contributed by atoms with E-state index < -0.39 is 0 Å². The highest BCUT2D eigenvalue weighted by atomic mass is 19.1. The van der Waals surface area contributed by atoms with Crippen molar-refractivity contribution in [1.29, 1.82) is 0 Å². The minimum Gasteiger partial charge on any atom is -0.341 e. The number of amides is 1. The lowest BCUT2D eigenvalue weighted by Gasteiger charge is -2.48. The number of pyridine rings is 1. The van der Waals surface area contributed by atoms with Gasteiger partial charge < -0.3 is 9.80 Å². The Balaban J connectivity index is 1.54. The Bertz CT molecular complexity index is 482. The number of likely N-dealkylation sites (tertiary alicyclic amines) is 2. The first-order valence-corrected chi connectivity index (χ1v) is 6.63. The maximum atomic E-state index is 12.7. The van der Waals surface area contributed by atoms with Gasteiger partial charge in [0.2, 0.25) is 5.91 Å². The largest absolute Gasteiger partial charge is 0.341 e. The van der Waals surface area contributed by atoms with Crippen LogP contribution in [0.25, 0.3) is 0 Å². The molecule has 2 saturated heterocycles. The molecule has 1 aromatic rings. The second kappa shape index (κ2) is 4.56. The van der Waals surface area contributed by atoms with Crippen molar-refractivity contribution in [3.63, 3.8) is 0 Å². The summed E-state index contributed by atoms with van der Waals surface area (Å²) >= 11 is 0. The second-order valence-corrected chi connectivity index (χ2v) is 5.88. The van der Waals surface area contributed by atoms with Gasteiger partial charge in [-0.3, -0.25) is 9.78 Å². The molecule has 3 heterocycles. The van der Waals surface area contributed by atoms with Crippen LogP contribution in [-0.4, -0.2) is 53.9 Å². The molecule has 5 heteroatoms. The summed E-state index contributed by atoms with van der Waals surface area (Å²) in [4.78, 5) is 20.2. The molecular formula is C14H18FN3O. The average molecular weight is 263 g/mol. The van der Waals surface area contributed by atoms with Crippen molar-refractivity contribution in [3.8, 4) is 0 Å². The average Bonchev–Trinajstić information content (AvgIpc) is 2.73. The lowest BCUT2D eigenvalue weighted by atomic mass is 9.79. The highest BCUT2D eigenvalue weighted by Gasteiger charge is 2.48. The van der Waals surface area contributed by atoms with Crippen LogP contribution in [0, 0.1) is 11.2 Å². The quantitative estimate of drug-likeness (QED) is 0.796. The monoisotopic (exact) mass is 263 g/mol. The lowest BCUT2D eigenvalue weighted by Crippen LogP contribution is -2.59. The van der Waals surface area contributed by atoms with Crippen molar-refractivity contribution >= 4 is 5.91 Å². The summed E-state index contributed by atoms with van der Waals surface area (Å²) < 4.78 is 12.7. The van der Waals surface area contributed by atoms with E-state index in [1.165, 1.54) is 12.5 Å². The minimum absolute atomic E-state index is 0.0966. The molecule has 0 radical (unpaired) electrons. The predicted molar refractivity (Wildman–Crippen MR) is 69.0 cm³/mol. The smallest absolute Gasteiger partial charge is 0.228 e. The van der Waals surface area contributed by atoms with Crippen LogP contribution in [-0.2, 0) is 11.2 Å². The number of nitrogens with zero attached hydrogens (tertiary/aromatic N) is 3. The molecule has 1 amide bonds. The first kappa shape index (κ1) is 12.5. The highest BCUT2D eigenvalue weighted by molar-refractivity contribution is 5.79. The molecule has 2 aliphatic rings. The van der Waals surface area contributed by atoms with E-state index in [1.807, 2.05) is 4.90 Å². The third-order valence-corrected chi connectivity index (χ3v) is 4.16. The second-order valence-electron chi connectivity index (χ2n) is 5.88. The lowest BCUT2D eigenvalue weighted by molar-refractivity contribution is -0.141. The van der Waals surface area contributed by atoms with Gasteiger partial charge in [-0.2, -0.15) is 0 Å². The molecule has 0 atom stereocenters. The van der Waals surface area contributed by atoms with E-state index in [-0.39, 0.29) is 18.1 Å². The molecule has 0 saturated carbocycles. The van der Waals surface area contributed by atoms with Gasteiger partial charge in [0.05, 0.1) is 12.6 Å². The van der Waals surface area contributed by atoms with E-state index >= 15 is 0 Å². The number of aromatic nitrogens is 1. The SMILES string of the molecule is CN1CCC2(C1)CN(C(=O)Cc1ccc(F)cn1)C2. The molecular weight excluding hydrogens is 245 g/mol. The van der Waals surface area contributed by atoms with Gasteiger partial charge in [-0.25, -0.2) is 4.39 Å². The van der Waals surface area contributed by atoms with Gasteiger partial charge in [0.25, 0.3) is 0 Å². The molecule has 0 aliphatic carbocycles. The van der Waals surface area contributed by atoms with E-state index in [2.05, 4.69) is 16.9 Å². The van der Waals surface area contributed by atoms with Crippen LogP contribution in [0.1, 0.15) is 12.1 Å². The van der Waals surface area contributed by atoms with Crippen molar-refractivity contribution in [3.05, 3.63) is 29.8 Å². The van der Waals surface area contributed by atoms with Crippen molar-refractivity contribution in [1.82, 2.24) is 14.8 Å². The van der Waals surface area contributed by atoms with Gasteiger partial charge in [-0.1, -0.05) is 0 Å². The first-order valence-electron chi connectivity index (χ1n) is 6.63. The summed E-state index contributed by atoms with van der Waals surface area (Å²) in [6.45, 7) is 3.93. The Hall–Kier alpha value is -1.49. The zero-order valence-electron chi connectivity index (χ0n) is 11.1. The van der Waals surface area contributed by atoms with E-state index in [1.54, 1.807) is 6.07 Å². The van der Waals surface area contributed by atoms with Crippen LogP contribution in [0.15, 0.2) is 18.3 Å². The fourth-order valence-electron chi connectivity index (χ4n) is 3.13. The Kier molecular flexibility index (Phi) is 3.01. The maximum absolute atomic E-state index is 12.7. The number of carbonyl (C=O) groups is 1. The predicted octanol–water partition coefficient (Wildman–Crippen LogP) is 0.927. The third kappa shape index (κ3) is 2.47. The van der Waals surface area contributed by atoms with Crippen LogP contribution in [0.2, 0.25) is 0 Å². The number of hydrogen-bond acceptors (Lipinski definition) is 3. The van der Waals surface area contributed by atoms with E-state index in [0.717, 1.165) is 32.4 Å². The maximum Gasteiger partial charge on any atom is 0.228 e. The van der Waals surface area contributed by atoms with Crippen LogP contribution >= 0.6 is 0 Å². The van der Waals surface area contributed by atoms with Crippen LogP contribution in [0.5, 0.6) is 0 Å². The van der Waals surface area contributed by atoms with Gasteiger partial charge in [0.1, 0.15) is 5.82 Å². The zero-order valence-corrected chi connectivity index (χ0v) is 11.1. The summed E-state index contributed by atoms with van der Waals surface area (Å²) in [6.07, 6.45) is 2.61. The first-order chi connectivity index (χ1) is 9.06. The Morgan fingerprint density at radius 3 is 2.79 bits per heavy atom. The molecule has 1 spiro atoms. The van der Waals surface area contributed by atoms with Gasteiger partial charge in [-0.15, -0.1) is 0 Å². The van der Waals surface area contributed by atoms with E-state index in [0.29, 0.717) is 11.1 Å². The van der Waals surface area contributed by atoms with Gasteiger partial charge in [0.15, 0.2) is 0 Å². The molecule has 2 aliphatic heterocycles. The number of halogens is 1. The summed E-state index contributed by atoms with van der Waals surface area (Å²) in [5.41, 5.74) is 0.969. The summed E-state index contributed by atoms with van der Waals surface area (Å²) in [7, 11) is 2.13. The van der Waals surface area contributed by atoms with Crippen molar-refractivity contribution in [2.24, 2.45) is 5.41 Å². The molecule has 1 aromatic heterocycles. The van der Waals surface area contributed by atoms with Crippen molar-refractivity contribution in [2.45, 2.75) is 12.8 Å². The number of carbonyl (C=O) groups excluding carboxylic acids is 1. The van der Waals surface area contributed by atoms with Crippen LogP contribution in [0.3, 0.4) is 0 Å². The zero-order chi connectivity index (χ0) is 13.5. The fraction of sp³-hybridized carbons (Fsp3) is 0.571. The molecule has 3 rings (SSSR count). The van der Waals surface area contributed by atoms with Crippen molar-refractivity contribution < 1.29 is 9.18 Å². The molecule has 4 nitrogen and oxygen atoms in total. The van der Waals surface area contributed by atoms with Gasteiger partial charge in [-0.05, 0) is 32.1 Å².